The minimum atomic E-state index is -5.70. The van der Waals surface area contributed by atoms with Crippen LogP contribution in [0.4, 0.5) is 23.2 Å². The molecule has 0 bridgehead atoms. The summed E-state index contributed by atoms with van der Waals surface area (Å²) in [4.78, 5) is 51.0. The second-order valence-corrected chi connectivity index (χ2v) is 14.0. The topological polar surface area (TPSA) is 168 Å². The van der Waals surface area contributed by atoms with E-state index in [0.717, 1.165) is 24.3 Å². The maximum atomic E-state index is 15.0. The van der Waals surface area contributed by atoms with Crippen molar-refractivity contribution in [1.29, 1.82) is 0 Å². The first-order chi connectivity index (χ1) is 22.4. The van der Waals surface area contributed by atoms with Crippen molar-refractivity contribution in [2.24, 2.45) is 11.3 Å². The van der Waals surface area contributed by atoms with Crippen molar-refractivity contribution in [3.8, 4) is 11.5 Å². The average Bonchev–Trinajstić information content (AvgIpc) is 3.02. The van der Waals surface area contributed by atoms with E-state index in [-0.39, 0.29) is 48.2 Å². The third-order valence-electron chi connectivity index (χ3n) is 8.77. The van der Waals surface area contributed by atoms with Gasteiger partial charge >= 0.3 is 11.5 Å². The summed E-state index contributed by atoms with van der Waals surface area (Å²) < 4.78 is 89.1. The van der Waals surface area contributed by atoms with E-state index in [2.05, 4.69) is 10.6 Å². The molecule has 3 amide bonds. The molecule has 1 heterocycles. The number of anilines is 1. The highest BCUT2D eigenvalue weighted by molar-refractivity contribution is 7.92. The molecule has 3 N–H and O–H groups in total. The highest BCUT2D eigenvalue weighted by Gasteiger charge is 2.47. The number of benzene rings is 2. The number of carbonyl (C=O) groups is 4. The maximum absolute atomic E-state index is 15.0. The summed E-state index contributed by atoms with van der Waals surface area (Å²) in [5.74, 6) is -5.27. The number of amides is 3. The Balaban J connectivity index is 1.55. The first-order valence-corrected chi connectivity index (χ1v) is 16.4. The number of carbonyl (C=O) groups excluding carboxylic acids is 3. The number of nitrogens with one attached hydrogen (secondary N) is 2. The number of methoxy groups -OCH3 is 1. The molecule has 0 unspecified atom stereocenters. The SMILES string of the molecule is COc1cc(F)c(O[C@H]2CC[C@@](C)(C(=O)O)CC2)cc1C(=O)N[C@@H]1CCN(C(C)=O)C[C@@H]1C(=O)Nc1cccc(S(=O)(=O)C(F)(F)F)c1. The van der Waals surface area contributed by atoms with Gasteiger partial charge in [-0.2, -0.15) is 13.2 Å². The summed E-state index contributed by atoms with van der Waals surface area (Å²) in [6.07, 6.45) is 0.873. The summed E-state index contributed by atoms with van der Waals surface area (Å²) in [5, 5.41) is 14.6. The van der Waals surface area contributed by atoms with Crippen LogP contribution in [0.3, 0.4) is 0 Å². The van der Waals surface area contributed by atoms with Gasteiger partial charge in [0.1, 0.15) is 5.75 Å². The van der Waals surface area contributed by atoms with Crippen molar-refractivity contribution in [3.63, 3.8) is 0 Å². The highest BCUT2D eigenvalue weighted by Crippen LogP contribution is 2.39. The Labute approximate surface area is 273 Å². The number of rotatable bonds is 9. The van der Waals surface area contributed by atoms with Crippen molar-refractivity contribution >= 4 is 39.2 Å². The molecule has 2 fully saturated rings. The smallest absolute Gasteiger partial charge is 0.496 e. The number of piperidine rings is 1. The molecule has 0 radical (unpaired) electrons. The van der Waals surface area contributed by atoms with Gasteiger partial charge in [-0.05, 0) is 63.3 Å². The zero-order chi connectivity index (χ0) is 35.6. The molecule has 4 rings (SSSR count). The molecule has 12 nitrogen and oxygen atoms in total. The number of nitrogens with zero attached hydrogens (tertiary/aromatic N) is 1. The lowest BCUT2D eigenvalue weighted by atomic mass is 9.75. The fraction of sp³-hybridized carbons (Fsp3) is 0.484. The quantitative estimate of drug-likeness (QED) is 0.326. The molecular formula is C31H35F4N3O9S. The minimum absolute atomic E-state index is 0.0865. The van der Waals surface area contributed by atoms with Crippen molar-refractivity contribution in [2.45, 2.75) is 68.5 Å². The number of likely N-dealkylation sites (tertiary alicyclic amines) is 1. The van der Waals surface area contributed by atoms with Crippen molar-refractivity contribution in [1.82, 2.24) is 10.2 Å². The fourth-order valence-corrected chi connectivity index (χ4v) is 6.55. The summed E-state index contributed by atoms with van der Waals surface area (Å²) >= 11 is 0. The molecule has 0 aromatic heterocycles. The second-order valence-electron chi connectivity index (χ2n) is 12.1. The van der Waals surface area contributed by atoms with Gasteiger partial charge in [0.2, 0.25) is 11.8 Å². The van der Waals surface area contributed by atoms with Crippen molar-refractivity contribution in [2.75, 3.05) is 25.5 Å². The van der Waals surface area contributed by atoms with Gasteiger partial charge in [-0.1, -0.05) is 6.07 Å². The van der Waals surface area contributed by atoms with Crippen LogP contribution in [0, 0.1) is 17.2 Å². The summed E-state index contributed by atoms with van der Waals surface area (Å²) in [6, 6.07) is 4.76. The molecule has 1 aliphatic heterocycles. The molecule has 2 aromatic rings. The summed E-state index contributed by atoms with van der Waals surface area (Å²) in [5.41, 5.74) is -6.89. The van der Waals surface area contributed by atoms with Crippen molar-refractivity contribution < 1.29 is 59.7 Å². The standard InChI is InChI=1S/C31H35F4N3O9S/c1-17(39)38-12-9-24(22(16-38)28(41)36-18-5-4-6-20(13-18)48(44,45)31(33,34)35)37-27(40)21-14-26(23(32)15-25(21)46-3)47-19-7-10-30(2,11-8-19)29(42)43/h4-6,13-15,19,22,24H,7-12,16H2,1-3H3,(H,36,41)(H,37,40)(H,42,43)/t19-,22-,24+,30+/m0/s1. The second kappa shape index (κ2) is 14.0. The first kappa shape index (κ1) is 36.4. The third-order valence-corrected chi connectivity index (χ3v) is 10.3. The zero-order valence-corrected chi connectivity index (χ0v) is 27.0. The van der Waals surface area contributed by atoms with E-state index in [1.807, 2.05) is 0 Å². The van der Waals surface area contributed by atoms with E-state index >= 15 is 4.39 Å². The normalized spacial score (nSPS) is 23.1. The van der Waals surface area contributed by atoms with Gasteiger partial charge in [-0.3, -0.25) is 19.2 Å². The van der Waals surface area contributed by atoms with Crippen molar-refractivity contribution in [3.05, 3.63) is 47.8 Å². The number of carboxylic acid groups (broad SMARTS) is 1. The molecule has 2 aromatic carbocycles. The number of hydrogen-bond donors (Lipinski definition) is 3. The van der Waals surface area contributed by atoms with Crippen LogP contribution in [-0.2, 0) is 24.2 Å². The van der Waals surface area contributed by atoms with Gasteiger partial charge < -0.3 is 30.1 Å². The Morgan fingerprint density at radius 2 is 1.71 bits per heavy atom. The zero-order valence-electron chi connectivity index (χ0n) is 26.2. The summed E-state index contributed by atoms with van der Waals surface area (Å²) in [7, 11) is -4.49. The number of halogens is 4. The van der Waals surface area contributed by atoms with Crippen LogP contribution in [0.1, 0.15) is 56.3 Å². The van der Waals surface area contributed by atoms with Crippen LogP contribution in [0.2, 0.25) is 0 Å². The number of hydrogen-bond acceptors (Lipinski definition) is 8. The predicted molar refractivity (Wildman–Crippen MR) is 162 cm³/mol. The van der Waals surface area contributed by atoms with Gasteiger partial charge in [-0.15, -0.1) is 0 Å². The first-order valence-electron chi connectivity index (χ1n) is 14.9. The van der Waals surface area contributed by atoms with E-state index in [9.17, 15) is 45.9 Å². The lowest BCUT2D eigenvalue weighted by Gasteiger charge is -2.37. The van der Waals surface area contributed by atoms with E-state index in [4.69, 9.17) is 9.47 Å². The molecule has 1 saturated heterocycles. The highest BCUT2D eigenvalue weighted by atomic mass is 32.2. The van der Waals surface area contributed by atoms with Crippen LogP contribution >= 0.6 is 0 Å². The Kier molecular flexibility index (Phi) is 10.6. The number of ether oxygens (including phenoxy) is 2. The number of aliphatic carboxylic acids is 1. The predicted octanol–water partition coefficient (Wildman–Crippen LogP) is 4.15. The monoisotopic (exact) mass is 701 g/mol. The largest absolute Gasteiger partial charge is 0.501 e. The molecule has 1 saturated carbocycles. The lowest BCUT2D eigenvalue weighted by molar-refractivity contribution is -0.150. The molecule has 1 aliphatic carbocycles. The van der Waals surface area contributed by atoms with Crippen LogP contribution in [0.25, 0.3) is 0 Å². The maximum Gasteiger partial charge on any atom is 0.501 e. The Morgan fingerprint density at radius 1 is 1.04 bits per heavy atom. The van der Waals surface area contributed by atoms with Crippen LogP contribution in [-0.4, -0.2) is 80.0 Å². The van der Waals surface area contributed by atoms with Gasteiger partial charge in [0.15, 0.2) is 11.6 Å². The van der Waals surface area contributed by atoms with Crippen LogP contribution in [0.15, 0.2) is 41.3 Å². The third kappa shape index (κ3) is 7.82. The average molecular weight is 702 g/mol. The van der Waals surface area contributed by atoms with E-state index in [1.165, 1.54) is 25.0 Å². The number of sulfone groups is 1. The van der Waals surface area contributed by atoms with Gasteiger partial charge in [0.05, 0.1) is 35.0 Å². The Bertz CT molecular complexity index is 1690. The van der Waals surface area contributed by atoms with Crippen LogP contribution in [0.5, 0.6) is 11.5 Å². The minimum Gasteiger partial charge on any atom is -0.496 e. The van der Waals surface area contributed by atoms with Crippen LogP contribution < -0.4 is 20.1 Å². The molecule has 2 atom stereocenters. The van der Waals surface area contributed by atoms with E-state index < -0.39 is 67.3 Å². The fourth-order valence-electron chi connectivity index (χ4n) is 5.74. The molecule has 0 spiro atoms. The van der Waals surface area contributed by atoms with Gasteiger partial charge in [-0.25, -0.2) is 12.8 Å². The summed E-state index contributed by atoms with van der Waals surface area (Å²) in [6.45, 7) is 2.87. The molecule has 2 aliphatic rings. The Morgan fingerprint density at radius 3 is 2.29 bits per heavy atom. The van der Waals surface area contributed by atoms with E-state index in [0.29, 0.717) is 31.7 Å². The number of alkyl halides is 3. The van der Waals surface area contributed by atoms with Gasteiger partial charge in [0, 0.05) is 37.8 Å². The van der Waals surface area contributed by atoms with Gasteiger partial charge in [0.25, 0.3) is 15.7 Å². The molecule has 262 valence electrons. The van der Waals surface area contributed by atoms with E-state index in [1.54, 1.807) is 6.92 Å². The lowest BCUT2D eigenvalue weighted by Crippen LogP contribution is -2.55. The molecule has 17 heteroatoms. The molecule has 48 heavy (non-hydrogen) atoms. The number of carboxylic acids is 1. The molecular weight excluding hydrogens is 666 g/mol. The Hall–Kier alpha value is -4.41.